The Morgan fingerprint density at radius 2 is 2.30 bits per heavy atom. The van der Waals surface area contributed by atoms with E-state index in [4.69, 9.17) is 0 Å². The van der Waals surface area contributed by atoms with Gasteiger partial charge < -0.3 is 9.74 Å². The zero-order chi connectivity index (χ0) is 7.98. The molecule has 5 heteroatoms. The highest BCUT2D eigenvalue weighted by atomic mass is 16.6. The van der Waals surface area contributed by atoms with Crippen molar-refractivity contribution in [1.82, 2.24) is 10.2 Å². The third kappa shape index (κ3) is 3.71. The third-order valence-corrected chi connectivity index (χ3v) is 0.752. The molecule has 0 aliphatic carbocycles. The summed E-state index contributed by atoms with van der Waals surface area (Å²) in [6.45, 7) is 0. The summed E-state index contributed by atoms with van der Waals surface area (Å²) in [5.41, 5.74) is 0. The molecule has 0 aliphatic heterocycles. The summed E-state index contributed by atoms with van der Waals surface area (Å²) < 4.78 is 0. The molecular weight excluding hydrogens is 134 g/mol. The number of amides is 2. The van der Waals surface area contributed by atoms with Crippen molar-refractivity contribution < 1.29 is 9.63 Å². The number of oxime groups is 1. The van der Waals surface area contributed by atoms with Gasteiger partial charge in [-0.05, 0) is 0 Å². The Bertz CT molecular complexity index is 133. The highest BCUT2D eigenvalue weighted by Gasteiger charge is 1.97. The maximum absolute atomic E-state index is 10.7. The Balaban J connectivity index is 3.49. The van der Waals surface area contributed by atoms with Crippen molar-refractivity contribution in [2.24, 2.45) is 5.16 Å². The predicted octanol–water partition coefficient (Wildman–Crippen LogP) is -0.153. The molecule has 0 radical (unpaired) electrons. The first-order valence-corrected chi connectivity index (χ1v) is 2.71. The molecule has 5 nitrogen and oxygen atoms in total. The van der Waals surface area contributed by atoms with Gasteiger partial charge in [0.2, 0.25) is 0 Å². The molecule has 0 atom stereocenters. The van der Waals surface area contributed by atoms with E-state index in [1.165, 1.54) is 18.3 Å². The lowest BCUT2D eigenvalue weighted by molar-refractivity contribution is 0.210. The summed E-state index contributed by atoms with van der Waals surface area (Å²) in [5, 5.41) is 5.66. The Morgan fingerprint density at radius 1 is 1.70 bits per heavy atom. The second-order valence-electron chi connectivity index (χ2n) is 1.76. The maximum atomic E-state index is 10.7. The number of hydrogen-bond acceptors (Lipinski definition) is 3. The summed E-state index contributed by atoms with van der Waals surface area (Å²) in [5.74, 6) is 0. The third-order valence-electron chi connectivity index (χ3n) is 0.752. The van der Waals surface area contributed by atoms with Crippen LogP contribution < -0.4 is 5.32 Å². The molecule has 58 valence electrons. The minimum absolute atomic E-state index is 0.235. The summed E-state index contributed by atoms with van der Waals surface area (Å²) in [4.78, 5) is 16.4. The average molecular weight is 145 g/mol. The van der Waals surface area contributed by atoms with Crippen molar-refractivity contribution in [3.05, 3.63) is 0 Å². The number of rotatable bonds is 2. The Morgan fingerprint density at radius 3 is 2.70 bits per heavy atom. The number of carbonyl (C=O) groups is 1. The van der Waals surface area contributed by atoms with Crippen molar-refractivity contribution >= 4 is 12.4 Å². The van der Waals surface area contributed by atoms with Gasteiger partial charge in [0, 0.05) is 14.1 Å². The van der Waals surface area contributed by atoms with Crippen LogP contribution in [0.25, 0.3) is 0 Å². The molecule has 0 saturated carbocycles. The van der Waals surface area contributed by atoms with Crippen LogP contribution in [0.5, 0.6) is 0 Å². The van der Waals surface area contributed by atoms with E-state index in [0.29, 0.717) is 0 Å². The van der Waals surface area contributed by atoms with Crippen LogP contribution >= 0.6 is 0 Å². The lowest BCUT2D eigenvalue weighted by Crippen LogP contribution is -2.33. The largest absolute Gasteiger partial charge is 0.398 e. The molecule has 0 heterocycles. The van der Waals surface area contributed by atoms with Gasteiger partial charge in [-0.25, -0.2) is 4.79 Å². The molecule has 0 fully saturated rings. The summed E-state index contributed by atoms with van der Waals surface area (Å²) >= 11 is 0. The van der Waals surface area contributed by atoms with Gasteiger partial charge in [0.1, 0.15) is 13.4 Å². The fourth-order valence-electron chi connectivity index (χ4n) is 0.263. The van der Waals surface area contributed by atoms with Gasteiger partial charge in [-0.1, -0.05) is 5.16 Å². The second kappa shape index (κ2) is 4.60. The number of nitrogens with one attached hydrogen (secondary N) is 1. The summed E-state index contributed by atoms with van der Waals surface area (Å²) in [7, 11) is 4.67. The summed E-state index contributed by atoms with van der Waals surface area (Å²) in [6.07, 6.45) is 1.18. The minimum Gasteiger partial charge on any atom is -0.398 e. The average Bonchev–Trinajstić information content (AvgIpc) is 1.88. The molecule has 1 N–H and O–H groups in total. The van der Waals surface area contributed by atoms with E-state index in [1.54, 1.807) is 14.1 Å². The molecule has 0 aromatic carbocycles. The van der Waals surface area contributed by atoms with E-state index in [0.717, 1.165) is 0 Å². The molecule has 2 amide bonds. The van der Waals surface area contributed by atoms with Crippen molar-refractivity contribution in [2.75, 3.05) is 21.2 Å². The highest BCUT2D eigenvalue weighted by molar-refractivity contribution is 5.85. The van der Waals surface area contributed by atoms with Crippen LogP contribution in [0.2, 0.25) is 0 Å². The first kappa shape index (κ1) is 8.74. The predicted molar refractivity (Wildman–Crippen MR) is 37.7 cm³/mol. The van der Waals surface area contributed by atoms with Crippen molar-refractivity contribution in [3.63, 3.8) is 0 Å². The van der Waals surface area contributed by atoms with Gasteiger partial charge in [-0.2, -0.15) is 0 Å². The number of nitrogens with zero attached hydrogens (tertiary/aromatic N) is 2. The topological polar surface area (TPSA) is 53.9 Å². The van der Waals surface area contributed by atoms with E-state index < -0.39 is 0 Å². The highest BCUT2D eigenvalue weighted by Crippen LogP contribution is 1.73. The SMILES string of the molecule is CO/N=C/NC(=O)N(C)C. The van der Waals surface area contributed by atoms with Gasteiger partial charge in [0.25, 0.3) is 0 Å². The lowest BCUT2D eigenvalue weighted by atomic mass is 10.8. The number of hydrogen-bond donors (Lipinski definition) is 1. The monoisotopic (exact) mass is 145 g/mol. The minimum atomic E-state index is -0.235. The molecule has 0 bridgehead atoms. The van der Waals surface area contributed by atoms with Crippen LogP contribution in [0.3, 0.4) is 0 Å². The first-order valence-electron chi connectivity index (χ1n) is 2.71. The van der Waals surface area contributed by atoms with Crippen molar-refractivity contribution in [2.45, 2.75) is 0 Å². The first-order chi connectivity index (χ1) is 4.68. The van der Waals surface area contributed by atoms with E-state index in [2.05, 4.69) is 15.3 Å². The van der Waals surface area contributed by atoms with E-state index in [-0.39, 0.29) is 6.03 Å². The van der Waals surface area contributed by atoms with Crippen LogP contribution in [0, 0.1) is 0 Å². The Hall–Kier alpha value is -1.26. The van der Waals surface area contributed by atoms with Crippen molar-refractivity contribution in [3.8, 4) is 0 Å². The lowest BCUT2D eigenvalue weighted by Gasteiger charge is -2.07. The molecule has 0 aliphatic rings. The Labute approximate surface area is 59.6 Å². The van der Waals surface area contributed by atoms with Crippen LogP contribution in [-0.4, -0.2) is 38.5 Å². The quantitative estimate of drug-likeness (QED) is 0.333. The van der Waals surface area contributed by atoms with Gasteiger partial charge in [0.05, 0.1) is 0 Å². The van der Waals surface area contributed by atoms with Gasteiger partial charge in [-0.15, -0.1) is 0 Å². The van der Waals surface area contributed by atoms with Gasteiger partial charge >= 0.3 is 6.03 Å². The zero-order valence-electron chi connectivity index (χ0n) is 6.29. The molecular formula is C5H11N3O2. The standard InChI is InChI=1S/C5H11N3O2/c1-8(2)5(9)6-4-7-10-3/h4H,1-3H3,(H,6,7,9). The maximum Gasteiger partial charge on any atom is 0.322 e. The van der Waals surface area contributed by atoms with Gasteiger partial charge in [0.15, 0.2) is 0 Å². The fourth-order valence-corrected chi connectivity index (χ4v) is 0.263. The van der Waals surface area contributed by atoms with Crippen LogP contribution in [-0.2, 0) is 4.84 Å². The van der Waals surface area contributed by atoms with Crippen LogP contribution in [0.15, 0.2) is 5.16 Å². The van der Waals surface area contributed by atoms with Gasteiger partial charge in [-0.3, -0.25) is 5.32 Å². The second-order valence-corrected chi connectivity index (χ2v) is 1.76. The molecule has 10 heavy (non-hydrogen) atoms. The normalized spacial score (nSPS) is 9.50. The van der Waals surface area contributed by atoms with Crippen LogP contribution in [0.4, 0.5) is 4.79 Å². The molecule has 0 spiro atoms. The van der Waals surface area contributed by atoms with Crippen LogP contribution in [0.1, 0.15) is 0 Å². The fraction of sp³-hybridized carbons (Fsp3) is 0.600. The molecule has 0 rings (SSSR count). The number of urea groups is 1. The number of carbonyl (C=O) groups excluding carboxylic acids is 1. The molecule has 0 saturated heterocycles. The van der Waals surface area contributed by atoms with E-state index in [9.17, 15) is 4.79 Å². The van der Waals surface area contributed by atoms with Crippen molar-refractivity contribution in [1.29, 1.82) is 0 Å². The molecule has 0 aromatic heterocycles. The zero-order valence-corrected chi connectivity index (χ0v) is 6.29. The molecule has 0 aromatic rings. The van der Waals surface area contributed by atoms with E-state index >= 15 is 0 Å². The summed E-state index contributed by atoms with van der Waals surface area (Å²) in [6, 6.07) is -0.235. The smallest absolute Gasteiger partial charge is 0.322 e. The van der Waals surface area contributed by atoms with E-state index in [1.807, 2.05) is 0 Å². The Kier molecular flexibility index (Phi) is 4.02. The molecule has 0 unspecified atom stereocenters.